The first kappa shape index (κ1) is 16.8. The number of hydrogen-bond acceptors (Lipinski definition) is 5. The topological polar surface area (TPSA) is 66.5 Å². The predicted octanol–water partition coefficient (Wildman–Crippen LogP) is 1.47. The molecule has 0 radical (unpaired) electrons. The zero-order valence-corrected chi connectivity index (χ0v) is 14.7. The Morgan fingerprint density at radius 3 is 2.57 bits per heavy atom. The summed E-state index contributed by atoms with van der Waals surface area (Å²) in [6, 6.07) is 1.84. The van der Waals surface area contributed by atoms with E-state index in [-0.39, 0.29) is 18.2 Å². The number of thiophene rings is 1. The van der Waals surface area contributed by atoms with Gasteiger partial charge >= 0.3 is 0 Å². The highest BCUT2D eigenvalue weighted by atomic mass is 32.2. The third kappa shape index (κ3) is 4.45. The zero-order valence-electron chi connectivity index (χ0n) is 12.2. The van der Waals surface area contributed by atoms with E-state index in [0.29, 0.717) is 18.7 Å². The Labute approximate surface area is 134 Å². The van der Waals surface area contributed by atoms with Crippen molar-refractivity contribution in [2.45, 2.75) is 13.8 Å². The Morgan fingerprint density at radius 2 is 2.00 bits per heavy atom. The van der Waals surface area contributed by atoms with Crippen LogP contribution in [0.2, 0.25) is 0 Å². The maximum Gasteiger partial charge on any atom is 0.252 e. The molecule has 1 aromatic rings. The van der Waals surface area contributed by atoms with Crippen LogP contribution < -0.4 is 5.32 Å². The molecular weight excluding hydrogens is 328 g/mol. The summed E-state index contributed by atoms with van der Waals surface area (Å²) in [6.07, 6.45) is 0. The van der Waals surface area contributed by atoms with E-state index in [4.69, 9.17) is 0 Å². The van der Waals surface area contributed by atoms with Gasteiger partial charge in [-0.05, 0) is 19.9 Å². The molecule has 1 aliphatic rings. The minimum Gasteiger partial charge on any atom is -0.351 e. The lowest BCUT2D eigenvalue weighted by Crippen LogP contribution is -2.41. The molecule has 0 bridgehead atoms. The first-order chi connectivity index (χ1) is 9.90. The minimum absolute atomic E-state index is 0.0361. The number of rotatable bonds is 5. The molecule has 21 heavy (non-hydrogen) atoms. The van der Waals surface area contributed by atoms with Crippen LogP contribution >= 0.6 is 23.1 Å². The van der Waals surface area contributed by atoms with E-state index in [2.05, 4.69) is 5.32 Å². The lowest BCUT2D eigenvalue weighted by Gasteiger charge is -2.25. The highest BCUT2D eigenvalue weighted by Gasteiger charge is 2.24. The van der Waals surface area contributed by atoms with Gasteiger partial charge in [-0.1, -0.05) is 0 Å². The van der Waals surface area contributed by atoms with Crippen LogP contribution in [0.5, 0.6) is 0 Å². The van der Waals surface area contributed by atoms with Crippen LogP contribution in [-0.2, 0) is 10.0 Å². The summed E-state index contributed by atoms with van der Waals surface area (Å²) in [7, 11) is -3.26. The van der Waals surface area contributed by atoms with Crippen LogP contribution in [0.25, 0.3) is 0 Å². The fourth-order valence-corrected chi connectivity index (χ4v) is 5.61. The van der Waals surface area contributed by atoms with Crippen molar-refractivity contribution in [3.05, 3.63) is 21.4 Å². The van der Waals surface area contributed by atoms with Crippen LogP contribution in [0.15, 0.2) is 6.07 Å². The molecule has 0 saturated carbocycles. The van der Waals surface area contributed by atoms with E-state index < -0.39 is 10.0 Å². The lowest BCUT2D eigenvalue weighted by molar-refractivity contribution is 0.0956. The van der Waals surface area contributed by atoms with Crippen molar-refractivity contribution in [1.29, 1.82) is 0 Å². The molecule has 1 aliphatic heterocycles. The van der Waals surface area contributed by atoms with Gasteiger partial charge in [0.2, 0.25) is 10.0 Å². The quantitative estimate of drug-likeness (QED) is 0.875. The molecule has 2 heterocycles. The summed E-state index contributed by atoms with van der Waals surface area (Å²) >= 11 is 3.34. The molecular formula is C13H20N2O3S3. The van der Waals surface area contributed by atoms with Crippen molar-refractivity contribution < 1.29 is 13.2 Å². The third-order valence-corrected chi connectivity index (χ3v) is 7.08. The predicted molar refractivity (Wildman–Crippen MR) is 88.8 cm³/mol. The summed E-state index contributed by atoms with van der Waals surface area (Å²) in [5.41, 5.74) is 0.643. The smallest absolute Gasteiger partial charge is 0.252 e. The van der Waals surface area contributed by atoms with Crippen molar-refractivity contribution in [3.63, 3.8) is 0 Å². The highest BCUT2D eigenvalue weighted by molar-refractivity contribution is 7.99. The molecule has 5 nitrogen and oxygen atoms in total. The van der Waals surface area contributed by atoms with Gasteiger partial charge < -0.3 is 5.32 Å². The second kappa shape index (κ2) is 7.13. The number of carbonyl (C=O) groups is 1. The number of nitrogens with zero attached hydrogens (tertiary/aromatic N) is 1. The SMILES string of the molecule is Cc1cc(C(=O)NCCS(=O)(=O)N2CCSCC2)c(C)s1. The van der Waals surface area contributed by atoms with Crippen LogP contribution in [0.3, 0.4) is 0 Å². The Morgan fingerprint density at radius 1 is 1.33 bits per heavy atom. The molecule has 0 aliphatic carbocycles. The van der Waals surface area contributed by atoms with Crippen LogP contribution in [-0.4, -0.2) is 55.5 Å². The average molecular weight is 349 g/mol. The molecule has 118 valence electrons. The fourth-order valence-electron chi connectivity index (χ4n) is 2.20. The van der Waals surface area contributed by atoms with E-state index in [1.165, 1.54) is 4.31 Å². The molecule has 2 rings (SSSR count). The highest BCUT2D eigenvalue weighted by Crippen LogP contribution is 2.20. The van der Waals surface area contributed by atoms with Gasteiger partial charge in [-0.2, -0.15) is 11.8 Å². The van der Waals surface area contributed by atoms with Crippen molar-refractivity contribution in [2.75, 3.05) is 36.9 Å². The second-order valence-electron chi connectivity index (χ2n) is 4.91. The van der Waals surface area contributed by atoms with E-state index >= 15 is 0 Å². The van der Waals surface area contributed by atoms with E-state index in [9.17, 15) is 13.2 Å². The molecule has 1 saturated heterocycles. The summed E-state index contributed by atoms with van der Waals surface area (Å²) in [5, 5.41) is 2.71. The molecule has 8 heteroatoms. The largest absolute Gasteiger partial charge is 0.351 e. The van der Waals surface area contributed by atoms with E-state index in [0.717, 1.165) is 21.3 Å². The van der Waals surface area contributed by atoms with Crippen molar-refractivity contribution in [1.82, 2.24) is 9.62 Å². The number of thioether (sulfide) groups is 1. The normalized spacial score (nSPS) is 16.9. The van der Waals surface area contributed by atoms with Crippen molar-refractivity contribution in [2.24, 2.45) is 0 Å². The Balaban J connectivity index is 1.86. The summed E-state index contributed by atoms with van der Waals surface area (Å²) in [6.45, 7) is 5.15. The third-order valence-electron chi connectivity index (χ3n) is 3.29. The van der Waals surface area contributed by atoms with Gasteiger partial charge in [-0.3, -0.25) is 4.79 Å². The van der Waals surface area contributed by atoms with Gasteiger partial charge in [0.15, 0.2) is 0 Å². The number of aryl methyl sites for hydroxylation is 2. The summed E-state index contributed by atoms with van der Waals surface area (Å²) in [5.74, 6) is 1.46. The molecule has 0 unspecified atom stereocenters. The molecule has 1 aromatic heterocycles. The Kier molecular flexibility index (Phi) is 5.70. The molecule has 0 spiro atoms. The fraction of sp³-hybridized carbons (Fsp3) is 0.615. The van der Waals surface area contributed by atoms with Gasteiger partial charge in [0.25, 0.3) is 5.91 Å². The van der Waals surface area contributed by atoms with Crippen molar-refractivity contribution in [3.8, 4) is 0 Å². The van der Waals surface area contributed by atoms with Gasteiger partial charge in [0.1, 0.15) is 0 Å². The standard InChI is InChI=1S/C13H20N2O3S3/c1-10-9-12(11(2)20-10)13(16)14-3-8-21(17,18)15-4-6-19-7-5-15/h9H,3-8H2,1-2H3,(H,14,16). The monoisotopic (exact) mass is 348 g/mol. The van der Waals surface area contributed by atoms with Crippen LogP contribution in [0, 0.1) is 13.8 Å². The average Bonchev–Trinajstić information content (AvgIpc) is 2.78. The van der Waals surface area contributed by atoms with Crippen molar-refractivity contribution >= 4 is 39.0 Å². The Hall–Kier alpha value is -0.570. The number of nitrogens with one attached hydrogen (secondary N) is 1. The van der Waals surface area contributed by atoms with Crippen LogP contribution in [0.4, 0.5) is 0 Å². The number of hydrogen-bond donors (Lipinski definition) is 1. The second-order valence-corrected chi connectivity index (χ2v) is 9.68. The summed E-state index contributed by atoms with van der Waals surface area (Å²) in [4.78, 5) is 14.1. The van der Waals surface area contributed by atoms with E-state index in [1.807, 2.05) is 19.9 Å². The van der Waals surface area contributed by atoms with Gasteiger partial charge in [-0.25, -0.2) is 12.7 Å². The molecule has 0 atom stereocenters. The minimum atomic E-state index is -3.26. The zero-order chi connectivity index (χ0) is 15.5. The first-order valence-electron chi connectivity index (χ1n) is 6.81. The number of sulfonamides is 1. The maximum absolute atomic E-state index is 12.1. The lowest BCUT2D eigenvalue weighted by atomic mass is 10.2. The number of amides is 1. The Bertz CT molecular complexity index is 604. The molecule has 1 N–H and O–H groups in total. The molecule has 1 fully saturated rings. The van der Waals surface area contributed by atoms with Crippen LogP contribution in [0.1, 0.15) is 20.1 Å². The maximum atomic E-state index is 12.1. The number of carbonyl (C=O) groups excluding carboxylic acids is 1. The molecule has 0 aromatic carbocycles. The van der Waals surface area contributed by atoms with Gasteiger partial charge in [-0.15, -0.1) is 11.3 Å². The summed E-state index contributed by atoms with van der Waals surface area (Å²) < 4.78 is 25.8. The molecule has 1 amide bonds. The van der Waals surface area contributed by atoms with Gasteiger partial charge in [0.05, 0.1) is 11.3 Å². The first-order valence-corrected chi connectivity index (χ1v) is 10.4. The van der Waals surface area contributed by atoms with Gasteiger partial charge in [0, 0.05) is 40.9 Å². The van der Waals surface area contributed by atoms with E-state index in [1.54, 1.807) is 23.1 Å².